The van der Waals surface area contributed by atoms with E-state index in [1.165, 1.54) is 19.4 Å². The normalized spacial score (nSPS) is 9.42. The van der Waals surface area contributed by atoms with E-state index in [0.717, 1.165) is 0 Å². The van der Waals surface area contributed by atoms with Crippen LogP contribution in [0, 0.1) is 0 Å². The third kappa shape index (κ3) is 2.53. The summed E-state index contributed by atoms with van der Waals surface area (Å²) in [5.41, 5.74) is 0.459. The molecule has 0 radical (unpaired) electrons. The minimum absolute atomic E-state index is 0.120. The first kappa shape index (κ1) is 8.45. The molecule has 0 aromatic carbocycles. The summed E-state index contributed by atoms with van der Waals surface area (Å²) < 4.78 is 4.47. The van der Waals surface area contributed by atoms with Gasteiger partial charge < -0.3 is 9.84 Å². The summed E-state index contributed by atoms with van der Waals surface area (Å²) in [5.74, 6) is -0.533. The summed E-state index contributed by atoms with van der Waals surface area (Å²) in [6, 6.07) is 0. The molecule has 1 rings (SSSR count). The maximum absolute atomic E-state index is 10.9. The van der Waals surface area contributed by atoms with Crippen LogP contribution in [-0.2, 0) is 9.59 Å². The second kappa shape index (κ2) is 3.66. The fourth-order valence-corrected chi connectivity index (χ4v) is 0.698. The van der Waals surface area contributed by atoms with Crippen LogP contribution in [0.2, 0.25) is 0 Å². The molecule has 12 heavy (non-hydrogen) atoms. The van der Waals surface area contributed by atoms with Gasteiger partial charge >= 0.3 is 0 Å². The lowest BCUT2D eigenvalue weighted by Gasteiger charge is -1.96. The zero-order chi connectivity index (χ0) is 8.97. The van der Waals surface area contributed by atoms with E-state index in [-0.39, 0.29) is 18.1 Å². The molecular weight excluding hydrogens is 160 g/mol. The first-order valence-corrected chi connectivity index (χ1v) is 3.37. The van der Waals surface area contributed by atoms with E-state index in [0.29, 0.717) is 5.69 Å². The lowest BCUT2D eigenvalue weighted by atomic mass is 10.3. The van der Waals surface area contributed by atoms with Gasteiger partial charge in [-0.25, -0.2) is 0 Å². The summed E-state index contributed by atoms with van der Waals surface area (Å²) in [5, 5.41) is 5.82. The van der Waals surface area contributed by atoms with E-state index in [2.05, 4.69) is 15.0 Å². The molecule has 0 atom stereocenters. The van der Waals surface area contributed by atoms with Crippen molar-refractivity contribution >= 4 is 17.4 Å². The largest absolute Gasteiger partial charge is 0.363 e. The summed E-state index contributed by atoms with van der Waals surface area (Å²) in [7, 11) is 0. The lowest BCUT2D eigenvalue weighted by Crippen LogP contribution is -2.14. The van der Waals surface area contributed by atoms with Crippen LogP contribution in [0.3, 0.4) is 0 Å². The van der Waals surface area contributed by atoms with Crippen molar-refractivity contribution in [3.05, 3.63) is 12.5 Å². The molecule has 0 saturated carbocycles. The number of amides is 1. The van der Waals surface area contributed by atoms with Gasteiger partial charge in [0, 0.05) is 0 Å². The van der Waals surface area contributed by atoms with Gasteiger partial charge in [0.05, 0.1) is 12.6 Å². The number of Topliss-reactive ketones (excluding diaryl/α,β-unsaturated/α-hetero) is 1. The molecule has 5 nitrogen and oxygen atoms in total. The Hall–Kier alpha value is -1.65. The van der Waals surface area contributed by atoms with E-state index in [1.54, 1.807) is 0 Å². The molecule has 0 bridgehead atoms. The third-order valence-electron chi connectivity index (χ3n) is 1.13. The molecule has 64 valence electrons. The molecular formula is C7H8N2O3. The number of nitrogens with one attached hydrogen (secondary N) is 1. The Morgan fingerprint density at radius 2 is 2.42 bits per heavy atom. The molecule has 1 N–H and O–H groups in total. The van der Waals surface area contributed by atoms with Crippen molar-refractivity contribution in [3.63, 3.8) is 0 Å². The number of carbonyl (C=O) groups is 2. The van der Waals surface area contributed by atoms with Crippen LogP contribution in [0.5, 0.6) is 0 Å². The molecule has 0 unspecified atom stereocenters. The summed E-state index contributed by atoms with van der Waals surface area (Å²) in [4.78, 5) is 21.4. The molecule has 5 heteroatoms. The van der Waals surface area contributed by atoms with Crippen molar-refractivity contribution in [1.82, 2.24) is 5.16 Å². The topological polar surface area (TPSA) is 72.2 Å². The van der Waals surface area contributed by atoms with Crippen molar-refractivity contribution in [2.24, 2.45) is 0 Å². The van der Waals surface area contributed by atoms with Crippen molar-refractivity contribution in [1.29, 1.82) is 0 Å². The molecule has 0 aliphatic carbocycles. The minimum atomic E-state index is -0.356. The number of nitrogens with zero attached hydrogens (tertiary/aromatic N) is 1. The Kier molecular flexibility index (Phi) is 2.57. The molecule has 0 spiro atoms. The van der Waals surface area contributed by atoms with Gasteiger partial charge in [-0.15, -0.1) is 0 Å². The number of ketones is 1. The molecule has 0 aliphatic heterocycles. The Balaban J connectivity index is 2.42. The highest BCUT2D eigenvalue weighted by Gasteiger charge is 2.05. The zero-order valence-electron chi connectivity index (χ0n) is 6.53. The fourth-order valence-electron chi connectivity index (χ4n) is 0.698. The number of hydrogen-bond donors (Lipinski definition) is 1. The number of rotatable bonds is 3. The Labute approximate surface area is 68.7 Å². The maximum Gasteiger partial charge on any atom is 0.231 e. The van der Waals surface area contributed by atoms with Crippen molar-refractivity contribution < 1.29 is 14.1 Å². The average molecular weight is 168 g/mol. The highest BCUT2D eigenvalue weighted by atomic mass is 16.5. The second-order valence-corrected chi connectivity index (χ2v) is 2.34. The van der Waals surface area contributed by atoms with Gasteiger partial charge in [-0.1, -0.05) is 5.16 Å². The van der Waals surface area contributed by atoms with Gasteiger partial charge in [0.1, 0.15) is 17.7 Å². The average Bonchev–Trinajstić information content (AvgIpc) is 2.37. The first-order valence-electron chi connectivity index (χ1n) is 3.37. The Bertz CT molecular complexity index is 279. The smallest absolute Gasteiger partial charge is 0.231 e. The van der Waals surface area contributed by atoms with Crippen LogP contribution >= 0.6 is 0 Å². The molecule has 0 aliphatic rings. The van der Waals surface area contributed by atoms with Crippen LogP contribution in [-0.4, -0.2) is 16.8 Å². The van der Waals surface area contributed by atoms with E-state index in [4.69, 9.17) is 0 Å². The van der Waals surface area contributed by atoms with Crippen molar-refractivity contribution in [2.45, 2.75) is 13.3 Å². The van der Waals surface area contributed by atoms with Gasteiger partial charge in [0.25, 0.3) is 0 Å². The first-order chi connectivity index (χ1) is 5.68. The predicted molar refractivity (Wildman–Crippen MR) is 40.4 cm³/mol. The fraction of sp³-hybridized carbons (Fsp3) is 0.286. The lowest BCUT2D eigenvalue weighted by molar-refractivity contribution is -0.124. The minimum Gasteiger partial charge on any atom is -0.363 e. The molecule has 0 saturated heterocycles. The Morgan fingerprint density at radius 1 is 1.67 bits per heavy atom. The number of carbonyl (C=O) groups excluding carboxylic acids is 2. The van der Waals surface area contributed by atoms with Gasteiger partial charge in [0.15, 0.2) is 0 Å². The van der Waals surface area contributed by atoms with Gasteiger partial charge in [-0.3, -0.25) is 9.59 Å². The van der Waals surface area contributed by atoms with Crippen LogP contribution in [0.15, 0.2) is 17.0 Å². The standard InChI is InChI=1S/C7H8N2O3/c1-5(10)2-7(11)9-6-3-8-12-4-6/h3-4H,2H2,1H3,(H,9,11). The van der Waals surface area contributed by atoms with Crippen molar-refractivity contribution in [3.8, 4) is 0 Å². The van der Waals surface area contributed by atoms with E-state index < -0.39 is 0 Å². The van der Waals surface area contributed by atoms with Crippen LogP contribution in [0.1, 0.15) is 13.3 Å². The maximum atomic E-state index is 10.9. The van der Waals surface area contributed by atoms with Crippen LogP contribution < -0.4 is 5.32 Å². The Morgan fingerprint density at radius 3 is 2.92 bits per heavy atom. The zero-order valence-corrected chi connectivity index (χ0v) is 6.53. The highest BCUT2D eigenvalue weighted by Crippen LogP contribution is 2.03. The highest BCUT2D eigenvalue weighted by molar-refractivity contribution is 6.03. The quantitative estimate of drug-likeness (QED) is 0.670. The van der Waals surface area contributed by atoms with Gasteiger partial charge in [-0.2, -0.15) is 0 Å². The second-order valence-electron chi connectivity index (χ2n) is 2.34. The van der Waals surface area contributed by atoms with E-state index >= 15 is 0 Å². The van der Waals surface area contributed by atoms with Gasteiger partial charge in [0.2, 0.25) is 5.91 Å². The van der Waals surface area contributed by atoms with Crippen LogP contribution in [0.25, 0.3) is 0 Å². The summed E-state index contributed by atoms with van der Waals surface area (Å²) in [6.45, 7) is 1.35. The van der Waals surface area contributed by atoms with Crippen LogP contribution in [0.4, 0.5) is 5.69 Å². The molecule has 1 amide bonds. The number of anilines is 1. The molecule has 0 fully saturated rings. The number of hydrogen-bond acceptors (Lipinski definition) is 4. The van der Waals surface area contributed by atoms with E-state index in [1.807, 2.05) is 0 Å². The molecule has 1 aromatic heterocycles. The summed E-state index contributed by atoms with van der Waals surface area (Å²) >= 11 is 0. The number of aromatic nitrogens is 1. The monoisotopic (exact) mass is 168 g/mol. The molecule has 1 aromatic rings. The van der Waals surface area contributed by atoms with Gasteiger partial charge in [-0.05, 0) is 6.92 Å². The van der Waals surface area contributed by atoms with E-state index in [9.17, 15) is 9.59 Å². The SMILES string of the molecule is CC(=O)CC(=O)Nc1cnoc1. The molecule has 1 heterocycles. The summed E-state index contributed by atoms with van der Waals surface area (Å²) in [6.07, 6.45) is 2.53. The third-order valence-corrected chi connectivity index (χ3v) is 1.13. The predicted octanol–water partition coefficient (Wildman–Crippen LogP) is 0.592. The van der Waals surface area contributed by atoms with Crippen molar-refractivity contribution in [2.75, 3.05) is 5.32 Å².